The largest absolute Gasteiger partial charge is 0.461 e. The van der Waals surface area contributed by atoms with Crippen LogP contribution >= 0.6 is 0 Å². The van der Waals surface area contributed by atoms with Crippen molar-refractivity contribution in [3.05, 3.63) is 102 Å². The Hall–Kier alpha value is -4.69. The van der Waals surface area contributed by atoms with Crippen LogP contribution in [0.15, 0.2) is 89.5 Å². The van der Waals surface area contributed by atoms with Crippen molar-refractivity contribution < 1.29 is 9.21 Å². The van der Waals surface area contributed by atoms with Crippen molar-refractivity contribution in [2.45, 2.75) is 19.9 Å². The van der Waals surface area contributed by atoms with E-state index in [9.17, 15) is 4.79 Å². The highest BCUT2D eigenvalue weighted by Gasteiger charge is 2.28. The van der Waals surface area contributed by atoms with E-state index in [0.29, 0.717) is 16.7 Å². The number of hydrogen-bond acceptors (Lipinski definition) is 5. The summed E-state index contributed by atoms with van der Waals surface area (Å²) < 4.78 is 6.70. The quantitative estimate of drug-likeness (QED) is 0.221. The second-order valence-electron chi connectivity index (χ2n) is 10.6. The van der Waals surface area contributed by atoms with Crippen LogP contribution in [0.4, 0.5) is 21.9 Å². The Labute approximate surface area is 234 Å². The third-order valence-electron chi connectivity index (χ3n) is 7.41. The maximum absolute atomic E-state index is 11.4. The number of hydrogen-bond donors (Lipinski definition) is 2. The van der Waals surface area contributed by atoms with Gasteiger partial charge in [-0.15, -0.1) is 5.10 Å². The monoisotopic (exact) mass is 535 g/mol. The van der Waals surface area contributed by atoms with Crippen LogP contribution in [-0.4, -0.2) is 43.9 Å². The average molecular weight is 536 g/mol. The molecule has 5 aromatic rings. The molecular weight excluding hydrogens is 500 g/mol. The Morgan fingerprint density at radius 2 is 1.77 bits per heavy atom. The zero-order valence-electron chi connectivity index (χ0n) is 23.4. The van der Waals surface area contributed by atoms with Crippen LogP contribution in [0.25, 0.3) is 22.1 Å². The first-order valence-electron chi connectivity index (χ1n) is 13.3. The van der Waals surface area contributed by atoms with Gasteiger partial charge in [-0.2, -0.15) is 5.10 Å². The number of benzene rings is 3. The average Bonchev–Trinajstić information content (AvgIpc) is 3.26. The number of urea groups is 1. The van der Waals surface area contributed by atoms with Gasteiger partial charge in [0, 0.05) is 43.2 Å². The van der Waals surface area contributed by atoms with Crippen molar-refractivity contribution in [3.8, 4) is 11.1 Å². The molecule has 2 heterocycles. The number of furan rings is 1. The zero-order valence-corrected chi connectivity index (χ0v) is 23.4. The van der Waals surface area contributed by atoms with Crippen LogP contribution < -0.4 is 20.4 Å². The zero-order chi connectivity index (χ0) is 28.3. The molecule has 40 heavy (non-hydrogen) atoms. The molecule has 2 aromatic heterocycles. The van der Waals surface area contributed by atoms with E-state index in [1.54, 1.807) is 12.3 Å². The third kappa shape index (κ3) is 5.82. The number of nitrogens with zero attached hydrogens (tertiary/aromatic N) is 4. The predicted molar refractivity (Wildman–Crippen MR) is 162 cm³/mol. The SMILES string of the molecule is Cc1oc2ccc(NC(N)=O)cc2c1CC[N+](C)(Cc1cc(N(C)C)cnn1)c1cccc(-c2ccccc2)c1. The Kier molecular flexibility index (Phi) is 7.53. The minimum atomic E-state index is -0.593. The van der Waals surface area contributed by atoms with Crippen molar-refractivity contribution in [3.63, 3.8) is 0 Å². The van der Waals surface area contributed by atoms with Gasteiger partial charge in [0.2, 0.25) is 0 Å². The lowest BCUT2D eigenvalue weighted by Crippen LogP contribution is -2.46. The van der Waals surface area contributed by atoms with Crippen molar-refractivity contribution in [1.29, 1.82) is 0 Å². The lowest BCUT2D eigenvalue weighted by molar-refractivity contribution is 0.259. The Morgan fingerprint density at radius 1 is 1.00 bits per heavy atom. The fourth-order valence-electron chi connectivity index (χ4n) is 5.19. The molecule has 0 bridgehead atoms. The number of aryl methyl sites for hydroxylation is 1. The number of primary amides is 1. The summed E-state index contributed by atoms with van der Waals surface area (Å²) in [6, 6.07) is 26.3. The number of quaternary nitrogens is 1. The highest BCUT2D eigenvalue weighted by Crippen LogP contribution is 2.33. The Morgan fingerprint density at radius 3 is 2.52 bits per heavy atom. The number of nitrogens with two attached hydrogens (primary N) is 1. The van der Waals surface area contributed by atoms with E-state index in [0.717, 1.165) is 46.6 Å². The molecule has 0 aliphatic heterocycles. The summed E-state index contributed by atoms with van der Waals surface area (Å²) in [5.74, 6) is 0.866. The van der Waals surface area contributed by atoms with Crippen LogP contribution in [-0.2, 0) is 13.0 Å². The number of carbonyl (C=O) groups is 1. The minimum Gasteiger partial charge on any atom is -0.461 e. The topological polar surface area (TPSA) is 97.3 Å². The van der Waals surface area contributed by atoms with Gasteiger partial charge >= 0.3 is 6.03 Å². The summed E-state index contributed by atoms with van der Waals surface area (Å²) in [5, 5.41) is 12.4. The van der Waals surface area contributed by atoms with Gasteiger partial charge in [0.05, 0.1) is 25.5 Å². The minimum absolute atomic E-state index is 0.593. The lowest BCUT2D eigenvalue weighted by Gasteiger charge is -2.34. The van der Waals surface area contributed by atoms with E-state index in [-0.39, 0.29) is 0 Å². The van der Waals surface area contributed by atoms with Crippen LogP contribution in [0.3, 0.4) is 0 Å². The van der Waals surface area contributed by atoms with Crippen molar-refractivity contribution in [2.75, 3.05) is 37.9 Å². The number of nitrogens with one attached hydrogen (secondary N) is 1. The maximum atomic E-state index is 11.4. The second kappa shape index (κ2) is 11.2. The molecule has 0 aliphatic rings. The molecule has 1 unspecified atom stereocenters. The van der Waals surface area contributed by atoms with Gasteiger partial charge in [0.15, 0.2) is 0 Å². The molecule has 0 saturated heterocycles. The van der Waals surface area contributed by atoms with Gasteiger partial charge in [0.25, 0.3) is 0 Å². The van der Waals surface area contributed by atoms with Gasteiger partial charge in [-0.1, -0.05) is 42.5 Å². The van der Waals surface area contributed by atoms with Crippen molar-refractivity contribution in [1.82, 2.24) is 14.7 Å². The Balaban J connectivity index is 1.53. The molecule has 1 atom stereocenters. The molecule has 204 valence electrons. The smallest absolute Gasteiger partial charge is 0.316 e. The molecule has 0 saturated carbocycles. The fraction of sp³-hybridized carbons (Fsp3) is 0.219. The second-order valence-corrected chi connectivity index (χ2v) is 10.6. The molecule has 0 aliphatic carbocycles. The molecule has 8 heteroatoms. The highest BCUT2D eigenvalue weighted by molar-refractivity contribution is 5.92. The van der Waals surface area contributed by atoms with Crippen molar-refractivity contribution >= 4 is 34.1 Å². The first-order valence-corrected chi connectivity index (χ1v) is 13.3. The van der Waals surface area contributed by atoms with Gasteiger partial charge in [-0.05, 0) is 48.4 Å². The first-order chi connectivity index (χ1) is 19.2. The molecule has 8 nitrogen and oxygen atoms in total. The number of anilines is 2. The van der Waals surface area contributed by atoms with E-state index in [1.807, 2.05) is 44.1 Å². The summed E-state index contributed by atoms with van der Waals surface area (Å²) in [7, 11) is 6.25. The van der Waals surface area contributed by atoms with Crippen LogP contribution in [0.2, 0.25) is 0 Å². The molecule has 5 rings (SSSR count). The third-order valence-corrected chi connectivity index (χ3v) is 7.41. The lowest BCUT2D eigenvalue weighted by atomic mass is 10.0. The van der Waals surface area contributed by atoms with Crippen LogP contribution in [0.1, 0.15) is 17.0 Å². The molecule has 3 aromatic carbocycles. The van der Waals surface area contributed by atoms with Crippen molar-refractivity contribution in [2.24, 2.45) is 5.73 Å². The number of aromatic nitrogens is 2. The number of likely N-dealkylation sites (N-methyl/N-ethyl adjacent to an activating group) is 1. The summed E-state index contributed by atoms with van der Waals surface area (Å²) >= 11 is 0. The van der Waals surface area contributed by atoms with E-state index in [1.165, 1.54) is 16.8 Å². The van der Waals surface area contributed by atoms with Gasteiger partial charge in [-0.3, -0.25) is 4.48 Å². The summed E-state index contributed by atoms with van der Waals surface area (Å²) in [5.41, 5.74) is 13.4. The molecule has 3 N–H and O–H groups in total. The standard InChI is InChI=1S/C32H34N6O2/c1-22-29(30-19-25(35-32(33)39)13-14-31(30)40-22)15-16-38(4,21-26-18-27(37(2)3)20-34-36-26)28-12-8-11-24(17-28)23-9-6-5-7-10-23/h5-14,17-20H,15-16,21H2,1-4H3,(H2-,33,35,39)/p+1. The van der Waals surface area contributed by atoms with E-state index >= 15 is 0 Å². The van der Waals surface area contributed by atoms with Gasteiger partial charge in [-0.25, -0.2) is 4.79 Å². The van der Waals surface area contributed by atoms with Crippen LogP contribution in [0, 0.1) is 6.92 Å². The van der Waals surface area contributed by atoms with E-state index < -0.39 is 6.03 Å². The number of amides is 2. The molecule has 0 radical (unpaired) electrons. The van der Waals surface area contributed by atoms with Gasteiger partial charge < -0.3 is 20.4 Å². The Bertz CT molecular complexity index is 1650. The summed E-state index contributed by atoms with van der Waals surface area (Å²) in [6.07, 6.45) is 2.54. The summed E-state index contributed by atoms with van der Waals surface area (Å²) in [4.78, 5) is 13.5. The first kappa shape index (κ1) is 26.9. The van der Waals surface area contributed by atoms with E-state index in [4.69, 9.17) is 10.2 Å². The van der Waals surface area contributed by atoms with Gasteiger partial charge in [0.1, 0.15) is 29.3 Å². The molecule has 0 fully saturated rings. The highest BCUT2D eigenvalue weighted by atomic mass is 16.3. The normalized spacial score (nSPS) is 12.7. The number of carbonyl (C=O) groups excluding carboxylic acids is 1. The number of rotatable bonds is 9. The molecule has 2 amide bonds. The molecule has 0 spiro atoms. The van der Waals surface area contributed by atoms with E-state index in [2.05, 4.69) is 77.2 Å². The molecular formula is C32H35N6O2+. The summed E-state index contributed by atoms with van der Waals surface area (Å²) in [6.45, 7) is 3.44. The predicted octanol–water partition coefficient (Wildman–Crippen LogP) is 6.13. The fourth-order valence-corrected chi connectivity index (χ4v) is 5.19. The number of fused-ring (bicyclic) bond motifs is 1. The van der Waals surface area contributed by atoms with Crippen LogP contribution in [0.5, 0.6) is 0 Å². The maximum Gasteiger partial charge on any atom is 0.316 e.